The van der Waals surface area contributed by atoms with Crippen molar-refractivity contribution in [1.29, 1.82) is 0 Å². The van der Waals surface area contributed by atoms with E-state index in [-0.39, 0.29) is 17.1 Å². The molecule has 1 rings (SSSR count). The molecule has 0 aliphatic heterocycles. The Morgan fingerprint density at radius 3 is 2.41 bits per heavy atom. The summed E-state index contributed by atoms with van der Waals surface area (Å²) in [5.74, 6) is 0. The van der Waals surface area contributed by atoms with Gasteiger partial charge < -0.3 is 5.32 Å². The van der Waals surface area contributed by atoms with Crippen LogP contribution in [-0.4, -0.2) is 22.6 Å². The molecule has 1 aromatic heterocycles. The van der Waals surface area contributed by atoms with Crippen LogP contribution in [0.4, 0.5) is 0 Å². The molecule has 4 nitrogen and oxygen atoms in total. The molecule has 0 spiro atoms. The van der Waals surface area contributed by atoms with Gasteiger partial charge in [-0.15, -0.1) is 0 Å². The number of rotatable bonds is 3. The van der Waals surface area contributed by atoms with Crippen molar-refractivity contribution in [2.75, 3.05) is 7.05 Å². The predicted molar refractivity (Wildman–Crippen MR) is 70.3 cm³/mol. The molecule has 0 amide bonds. The van der Waals surface area contributed by atoms with Crippen LogP contribution in [0.5, 0.6) is 0 Å². The van der Waals surface area contributed by atoms with Crippen molar-refractivity contribution in [1.82, 2.24) is 14.9 Å². The van der Waals surface area contributed by atoms with Gasteiger partial charge in [0.1, 0.15) is 0 Å². The van der Waals surface area contributed by atoms with Gasteiger partial charge >= 0.3 is 5.69 Å². The van der Waals surface area contributed by atoms with Crippen molar-refractivity contribution in [2.24, 2.45) is 5.41 Å². The van der Waals surface area contributed by atoms with E-state index in [2.05, 4.69) is 31.1 Å². The highest BCUT2D eigenvalue weighted by molar-refractivity contribution is 5.07. The minimum absolute atomic E-state index is 0.103. The van der Waals surface area contributed by atoms with Gasteiger partial charge in [-0.3, -0.25) is 4.57 Å². The van der Waals surface area contributed by atoms with E-state index in [0.29, 0.717) is 6.54 Å². The van der Waals surface area contributed by atoms with Gasteiger partial charge in [0.25, 0.3) is 0 Å². The summed E-state index contributed by atoms with van der Waals surface area (Å²) in [4.78, 5) is 15.8. The third-order valence-electron chi connectivity index (χ3n) is 3.11. The molecule has 0 aliphatic rings. The summed E-state index contributed by atoms with van der Waals surface area (Å²) < 4.78 is 1.74. The van der Waals surface area contributed by atoms with Crippen LogP contribution in [0, 0.1) is 19.3 Å². The van der Waals surface area contributed by atoms with Crippen LogP contribution in [0.1, 0.15) is 32.2 Å². The molecule has 0 bridgehead atoms. The molecule has 1 N–H and O–H groups in total. The van der Waals surface area contributed by atoms with Crippen molar-refractivity contribution in [3.8, 4) is 0 Å². The summed E-state index contributed by atoms with van der Waals surface area (Å²) in [6, 6.07) is 2.18. The van der Waals surface area contributed by atoms with Gasteiger partial charge in [0, 0.05) is 24.0 Å². The molecule has 1 unspecified atom stereocenters. The normalized spacial score (nSPS) is 13.8. The molecule has 0 saturated heterocycles. The fourth-order valence-corrected chi connectivity index (χ4v) is 1.98. The van der Waals surface area contributed by atoms with E-state index in [9.17, 15) is 4.79 Å². The summed E-state index contributed by atoms with van der Waals surface area (Å²) in [6.45, 7) is 10.9. The van der Waals surface area contributed by atoms with Crippen LogP contribution in [0.2, 0.25) is 0 Å². The molecule has 0 radical (unpaired) electrons. The van der Waals surface area contributed by atoms with E-state index in [1.807, 2.05) is 27.0 Å². The first-order valence-electron chi connectivity index (χ1n) is 5.98. The lowest BCUT2D eigenvalue weighted by Gasteiger charge is -2.31. The van der Waals surface area contributed by atoms with Crippen molar-refractivity contribution >= 4 is 0 Å². The number of nitrogens with zero attached hydrogens (tertiary/aromatic N) is 2. The van der Waals surface area contributed by atoms with Crippen LogP contribution in [0.3, 0.4) is 0 Å². The Hall–Kier alpha value is -1.16. The first kappa shape index (κ1) is 13.9. The summed E-state index contributed by atoms with van der Waals surface area (Å²) >= 11 is 0. The second-order valence-electron chi connectivity index (χ2n) is 5.64. The second kappa shape index (κ2) is 5.00. The number of nitrogens with one attached hydrogen (secondary N) is 1. The second-order valence-corrected chi connectivity index (χ2v) is 5.64. The predicted octanol–water partition coefficient (Wildman–Crippen LogP) is 1.49. The Morgan fingerprint density at radius 1 is 1.41 bits per heavy atom. The molecule has 0 fully saturated rings. The van der Waals surface area contributed by atoms with Crippen molar-refractivity contribution in [3.05, 3.63) is 27.9 Å². The Balaban J connectivity index is 3.07. The van der Waals surface area contributed by atoms with Gasteiger partial charge in [0.15, 0.2) is 0 Å². The van der Waals surface area contributed by atoms with Gasteiger partial charge in [-0.25, -0.2) is 4.79 Å². The van der Waals surface area contributed by atoms with E-state index in [4.69, 9.17) is 0 Å². The zero-order valence-corrected chi connectivity index (χ0v) is 11.7. The van der Waals surface area contributed by atoms with Gasteiger partial charge in [-0.2, -0.15) is 4.98 Å². The highest BCUT2D eigenvalue weighted by Gasteiger charge is 2.24. The Kier molecular flexibility index (Phi) is 4.09. The molecule has 17 heavy (non-hydrogen) atoms. The van der Waals surface area contributed by atoms with Crippen molar-refractivity contribution in [2.45, 2.75) is 47.2 Å². The van der Waals surface area contributed by atoms with Gasteiger partial charge in [0.05, 0.1) is 0 Å². The quantitative estimate of drug-likeness (QED) is 0.866. The summed E-state index contributed by atoms with van der Waals surface area (Å²) in [6.07, 6.45) is 0. The van der Waals surface area contributed by atoms with E-state index in [0.717, 1.165) is 11.4 Å². The molecular formula is C13H23N3O. The highest BCUT2D eigenvalue weighted by Crippen LogP contribution is 2.20. The summed E-state index contributed by atoms with van der Waals surface area (Å²) in [5.41, 5.74) is 1.69. The fourth-order valence-electron chi connectivity index (χ4n) is 1.98. The average molecular weight is 237 g/mol. The molecule has 0 aliphatic carbocycles. The molecule has 96 valence electrons. The number of aryl methyl sites for hydroxylation is 2. The van der Waals surface area contributed by atoms with Gasteiger partial charge in [-0.05, 0) is 32.4 Å². The summed E-state index contributed by atoms with van der Waals surface area (Å²) in [5, 5.41) is 3.27. The Morgan fingerprint density at radius 2 is 2.00 bits per heavy atom. The first-order chi connectivity index (χ1) is 7.75. The standard InChI is InChI=1S/C13H23N3O/c1-9-7-10(2)16(12(17)15-9)8-11(14-6)13(3,4)5/h7,11,14H,8H2,1-6H3. The number of hydrogen-bond donors (Lipinski definition) is 1. The van der Waals surface area contributed by atoms with Crippen LogP contribution in [-0.2, 0) is 6.54 Å². The van der Waals surface area contributed by atoms with E-state index >= 15 is 0 Å². The molecule has 1 atom stereocenters. The Bertz CT molecular complexity index is 443. The lowest BCUT2D eigenvalue weighted by molar-refractivity contribution is 0.250. The monoisotopic (exact) mass is 237 g/mol. The lowest BCUT2D eigenvalue weighted by Crippen LogP contribution is -2.44. The van der Waals surface area contributed by atoms with E-state index in [1.54, 1.807) is 4.57 Å². The zero-order valence-electron chi connectivity index (χ0n) is 11.7. The average Bonchev–Trinajstić information content (AvgIpc) is 2.14. The van der Waals surface area contributed by atoms with Crippen molar-refractivity contribution < 1.29 is 0 Å². The number of hydrogen-bond acceptors (Lipinski definition) is 3. The minimum Gasteiger partial charge on any atom is -0.315 e. The summed E-state index contributed by atoms with van der Waals surface area (Å²) in [7, 11) is 1.93. The Labute approximate surface area is 103 Å². The first-order valence-corrected chi connectivity index (χ1v) is 5.98. The molecule has 1 aromatic rings. The van der Waals surface area contributed by atoms with Gasteiger partial charge in [0.2, 0.25) is 0 Å². The highest BCUT2D eigenvalue weighted by atomic mass is 16.1. The van der Waals surface area contributed by atoms with Crippen LogP contribution >= 0.6 is 0 Å². The maximum absolute atomic E-state index is 11.9. The molecular weight excluding hydrogens is 214 g/mol. The van der Waals surface area contributed by atoms with Crippen LogP contribution < -0.4 is 11.0 Å². The van der Waals surface area contributed by atoms with E-state index < -0.39 is 0 Å². The van der Waals surface area contributed by atoms with Crippen LogP contribution in [0.25, 0.3) is 0 Å². The molecule has 4 heteroatoms. The zero-order chi connectivity index (χ0) is 13.2. The maximum Gasteiger partial charge on any atom is 0.348 e. The third kappa shape index (κ3) is 3.40. The van der Waals surface area contributed by atoms with Crippen LogP contribution in [0.15, 0.2) is 10.9 Å². The topological polar surface area (TPSA) is 46.9 Å². The third-order valence-corrected chi connectivity index (χ3v) is 3.11. The van der Waals surface area contributed by atoms with Gasteiger partial charge in [-0.1, -0.05) is 20.8 Å². The largest absolute Gasteiger partial charge is 0.348 e. The lowest BCUT2D eigenvalue weighted by atomic mass is 9.86. The number of aromatic nitrogens is 2. The van der Waals surface area contributed by atoms with E-state index in [1.165, 1.54) is 0 Å². The molecule has 0 saturated carbocycles. The van der Waals surface area contributed by atoms with Crippen molar-refractivity contribution in [3.63, 3.8) is 0 Å². The molecule has 1 heterocycles. The molecule has 0 aromatic carbocycles. The maximum atomic E-state index is 11.9. The smallest absolute Gasteiger partial charge is 0.315 e. The fraction of sp³-hybridized carbons (Fsp3) is 0.692. The minimum atomic E-state index is -0.160. The number of likely N-dealkylation sites (N-methyl/N-ethyl adjacent to an activating group) is 1. The SMILES string of the molecule is CNC(Cn1c(C)cc(C)nc1=O)C(C)(C)C.